The molecule has 1 aromatic carbocycles. The van der Waals surface area contributed by atoms with Crippen molar-refractivity contribution < 1.29 is 13.2 Å². The second kappa shape index (κ2) is 6.49. The van der Waals surface area contributed by atoms with Gasteiger partial charge in [0.05, 0.1) is 11.0 Å². The molecule has 6 nitrogen and oxygen atoms in total. The van der Waals surface area contributed by atoms with Crippen LogP contribution in [0.1, 0.15) is 12.8 Å². The molecule has 0 amide bonds. The average Bonchev–Trinajstić information content (AvgIpc) is 2.89. The molecule has 1 aliphatic heterocycles. The molecule has 4 N–H and O–H groups in total. The zero-order chi connectivity index (χ0) is 14.6. The maximum Gasteiger partial charge on any atom is 0.238 e. The zero-order valence-electron chi connectivity index (χ0n) is 10.8. The Labute approximate surface area is 123 Å². The van der Waals surface area contributed by atoms with Crippen LogP contribution in [0.2, 0.25) is 0 Å². The van der Waals surface area contributed by atoms with Gasteiger partial charge in [-0.3, -0.25) is 0 Å². The molecular formula is C12H17N3O3S2. The smallest absolute Gasteiger partial charge is 0.238 e. The Morgan fingerprint density at radius 1 is 1.50 bits per heavy atom. The average molecular weight is 315 g/mol. The maximum absolute atomic E-state index is 11.3. The van der Waals surface area contributed by atoms with E-state index in [1.807, 2.05) is 0 Å². The molecule has 8 heteroatoms. The molecule has 0 saturated carbocycles. The number of sulfonamides is 1. The lowest BCUT2D eigenvalue weighted by molar-refractivity contribution is 0.114. The molecule has 2 rings (SSSR count). The van der Waals surface area contributed by atoms with Crippen molar-refractivity contribution in [3.8, 4) is 0 Å². The van der Waals surface area contributed by atoms with Gasteiger partial charge in [0.1, 0.15) is 0 Å². The standard InChI is InChI=1S/C12H17N3O3S2/c13-20(16,17)11-5-1-3-9(7-11)15-12(19)14-8-10-4-2-6-18-10/h1,3,5,7,10H,2,4,6,8H2,(H2,13,16,17)(H2,14,15,19)/t10-/m1/s1. The van der Waals surface area contributed by atoms with Gasteiger partial charge in [-0.1, -0.05) is 6.07 Å². The van der Waals surface area contributed by atoms with Gasteiger partial charge in [-0.25, -0.2) is 13.6 Å². The molecule has 0 radical (unpaired) electrons. The van der Waals surface area contributed by atoms with E-state index in [0.717, 1.165) is 19.4 Å². The Bertz CT molecular complexity index is 583. The SMILES string of the molecule is NS(=O)(=O)c1cccc(NC(=S)NC[C@H]2CCCO2)c1. The molecule has 0 bridgehead atoms. The van der Waals surface area contributed by atoms with Crippen LogP contribution in [-0.4, -0.2) is 32.8 Å². The third-order valence-corrected chi connectivity index (χ3v) is 4.09. The minimum absolute atomic E-state index is 0.0458. The number of benzene rings is 1. The molecular weight excluding hydrogens is 298 g/mol. The molecule has 1 atom stereocenters. The van der Waals surface area contributed by atoms with Gasteiger partial charge in [-0.05, 0) is 43.3 Å². The first-order valence-electron chi connectivity index (χ1n) is 6.24. The van der Waals surface area contributed by atoms with Crippen LogP contribution < -0.4 is 15.8 Å². The molecule has 0 unspecified atom stereocenters. The van der Waals surface area contributed by atoms with E-state index < -0.39 is 10.0 Å². The maximum atomic E-state index is 11.3. The molecule has 1 aromatic rings. The largest absolute Gasteiger partial charge is 0.376 e. The Morgan fingerprint density at radius 2 is 2.30 bits per heavy atom. The van der Waals surface area contributed by atoms with Crippen LogP contribution in [-0.2, 0) is 14.8 Å². The van der Waals surface area contributed by atoms with E-state index in [1.54, 1.807) is 12.1 Å². The lowest BCUT2D eigenvalue weighted by Crippen LogP contribution is -2.34. The molecule has 0 spiro atoms. The number of thiocarbonyl (C=S) groups is 1. The summed E-state index contributed by atoms with van der Waals surface area (Å²) in [5.41, 5.74) is 0.571. The highest BCUT2D eigenvalue weighted by Gasteiger charge is 2.15. The Balaban J connectivity index is 1.90. The molecule has 110 valence electrons. The fraction of sp³-hybridized carbons (Fsp3) is 0.417. The number of nitrogens with two attached hydrogens (primary N) is 1. The fourth-order valence-corrected chi connectivity index (χ4v) is 2.70. The normalized spacial score (nSPS) is 18.8. The summed E-state index contributed by atoms with van der Waals surface area (Å²) in [5, 5.41) is 11.5. The summed E-state index contributed by atoms with van der Waals surface area (Å²) >= 11 is 5.15. The van der Waals surface area contributed by atoms with Gasteiger partial charge in [-0.2, -0.15) is 0 Å². The van der Waals surface area contributed by atoms with Crippen LogP contribution >= 0.6 is 12.2 Å². The van der Waals surface area contributed by atoms with Crippen LogP contribution in [0, 0.1) is 0 Å². The van der Waals surface area contributed by atoms with Crippen molar-refractivity contribution in [3.05, 3.63) is 24.3 Å². The highest BCUT2D eigenvalue weighted by Crippen LogP contribution is 2.14. The van der Waals surface area contributed by atoms with Crippen molar-refractivity contribution in [2.75, 3.05) is 18.5 Å². The van der Waals surface area contributed by atoms with E-state index >= 15 is 0 Å². The Morgan fingerprint density at radius 3 is 2.95 bits per heavy atom. The summed E-state index contributed by atoms with van der Waals surface area (Å²) in [6.45, 7) is 1.43. The number of primary sulfonamides is 1. The van der Waals surface area contributed by atoms with Gasteiger partial charge >= 0.3 is 0 Å². The van der Waals surface area contributed by atoms with Crippen LogP contribution in [0.3, 0.4) is 0 Å². The summed E-state index contributed by atoms with van der Waals surface area (Å²) in [4.78, 5) is 0.0458. The monoisotopic (exact) mass is 315 g/mol. The minimum Gasteiger partial charge on any atom is -0.376 e. The number of hydrogen-bond acceptors (Lipinski definition) is 4. The van der Waals surface area contributed by atoms with E-state index in [1.165, 1.54) is 12.1 Å². The Kier molecular flexibility index (Phi) is 4.92. The predicted octanol–water partition coefficient (Wildman–Crippen LogP) is 0.799. The third kappa shape index (κ3) is 4.41. The molecule has 1 fully saturated rings. The van der Waals surface area contributed by atoms with E-state index in [-0.39, 0.29) is 11.0 Å². The number of anilines is 1. The summed E-state index contributed by atoms with van der Waals surface area (Å²) in [6.07, 6.45) is 2.28. The quantitative estimate of drug-likeness (QED) is 0.712. The number of hydrogen-bond donors (Lipinski definition) is 3. The highest BCUT2D eigenvalue weighted by atomic mass is 32.2. The number of rotatable bonds is 4. The van der Waals surface area contributed by atoms with Gasteiger partial charge in [0, 0.05) is 18.8 Å². The predicted molar refractivity (Wildman–Crippen MR) is 81.0 cm³/mol. The molecule has 1 saturated heterocycles. The summed E-state index contributed by atoms with van der Waals surface area (Å²) in [5.74, 6) is 0. The topological polar surface area (TPSA) is 93.5 Å². The number of nitrogens with one attached hydrogen (secondary N) is 2. The minimum atomic E-state index is -3.71. The van der Waals surface area contributed by atoms with Gasteiger partial charge in [0.15, 0.2) is 5.11 Å². The Hall–Kier alpha value is -1.22. The summed E-state index contributed by atoms with van der Waals surface area (Å²) in [6, 6.07) is 6.19. The van der Waals surface area contributed by atoms with Crippen molar-refractivity contribution in [1.29, 1.82) is 0 Å². The highest BCUT2D eigenvalue weighted by molar-refractivity contribution is 7.89. The van der Waals surface area contributed by atoms with Crippen LogP contribution in [0.25, 0.3) is 0 Å². The van der Waals surface area contributed by atoms with Gasteiger partial charge in [0.2, 0.25) is 10.0 Å². The van der Waals surface area contributed by atoms with Crippen molar-refractivity contribution in [3.63, 3.8) is 0 Å². The van der Waals surface area contributed by atoms with E-state index in [2.05, 4.69) is 10.6 Å². The first-order chi connectivity index (χ1) is 9.45. The van der Waals surface area contributed by atoms with Crippen LogP contribution in [0.15, 0.2) is 29.2 Å². The zero-order valence-corrected chi connectivity index (χ0v) is 12.5. The van der Waals surface area contributed by atoms with Crippen molar-refractivity contribution in [1.82, 2.24) is 5.32 Å². The van der Waals surface area contributed by atoms with Gasteiger partial charge in [0.25, 0.3) is 0 Å². The van der Waals surface area contributed by atoms with E-state index in [0.29, 0.717) is 17.3 Å². The summed E-state index contributed by atoms with van der Waals surface area (Å²) in [7, 11) is -3.71. The lowest BCUT2D eigenvalue weighted by Gasteiger charge is -2.14. The summed E-state index contributed by atoms with van der Waals surface area (Å²) < 4.78 is 28.0. The molecule has 1 aliphatic rings. The van der Waals surface area contributed by atoms with Gasteiger partial charge < -0.3 is 15.4 Å². The second-order valence-electron chi connectivity index (χ2n) is 4.54. The molecule has 0 aromatic heterocycles. The molecule has 0 aliphatic carbocycles. The molecule has 1 heterocycles. The third-order valence-electron chi connectivity index (χ3n) is 2.93. The lowest BCUT2D eigenvalue weighted by atomic mass is 10.2. The first kappa shape index (κ1) is 15.2. The molecule has 20 heavy (non-hydrogen) atoms. The fourth-order valence-electron chi connectivity index (χ4n) is 1.94. The van der Waals surface area contributed by atoms with Crippen molar-refractivity contribution in [2.45, 2.75) is 23.8 Å². The van der Waals surface area contributed by atoms with Crippen LogP contribution in [0.5, 0.6) is 0 Å². The van der Waals surface area contributed by atoms with Crippen molar-refractivity contribution in [2.24, 2.45) is 5.14 Å². The van der Waals surface area contributed by atoms with Crippen LogP contribution in [0.4, 0.5) is 5.69 Å². The first-order valence-corrected chi connectivity index (χ1v) is 8.20. The van der Waals surface area contributed by atoms with E-state index in [4.69, 9.17) is 22.1 Å². The second-order valence-corrected chi connectivity index (χ2v) is 6.51. The number of ether oxygens (including phenoxy) is 1. The van der Waals surface area contributed by atoms with Crippen molar-refractivity contribution >= 4 is 33.0 Å². The van der Waals surface area contributed by atoms with Gasteiger partial charge in [-0.15, -0.1) is 0 Å². The van der Waals surface area contributed by atoms with E-state index in [9.17, 15) is 8.42 Å².